The maximum absolute atomic E-state index is 13.7. The summed E-state index contributed by atoms with van der Waals surface area (Å²) in [7, 11) is -3.73. The van der Waals surface area contributed by atoms with Crippen LogP contribution in [0.15, 0.2) is 33.7 Å². The van der Waals surface area contributed by atoms with E-state index in [-0.39, 0.29) is 47.5 Å². The lowest BCUT2D eigenvalue weighted by atomic mass is 9.96. The smallest absolute Gasteiger partial charge is 0.248 e. The fraction of sp³-hybridized carbons (Fsp3) is 0.565. The Kier molecular flexibility index (Phi) is 7.16. The molecule has 4 rings (SSSR count). The van der Waals surface area contributed by atoms with Gasteiger partial charge in [0.25, 0.3) is 0 Å². The van der Waals surface area contributed by atoms with E-state index in [0.29, 0.717) is 38.2 Å². The van der Waals surface area contributed by atoms with Gasteiger partial charge in [-0.05, 0) is 57.2 Å². The Morgan fingerprint density at radius 2 is 2.00 bits per heavy atom. The number of ether oxygens (including phenoxy) is 1. The number of sulfonamides is 1. The SMILES string of the molecule is Cc1noc(C)c1S(=O)(=O)N1CCC(C(=O)N(Cc2cccc(F)c2)CC2CCCO2)CC1. The van der Waals surface area contributed by atoms with E-state index in [1.807, 2.05) is 0 Å². The first-order valence-corrected chi connectivity index (χ1v) is 12.8. The van der Waals surface area contributed by atoms with Gasteiger partial charge in [0.2, 0.25) is 15.9 Å². The highest BCUT2D eigenvalue weighted by molar-refractivity contribution is 7.89. The number of nitrogens with zero attached hydrogens (tertiary/aromatic N) is 3. The second-order valence-electron chi connectivity index (χ2n) is 8.82. The summed E-state index contributed by atoms with van der Waals surface area (Å²) < 4.78 is 52.0. The third-order valence-corrected chi connectivity index (χ3v) is 8.53. The molecule has 33 heavy (non-hydrogen) atoms. The minimum atomic E-state index is -3.73. The van der Waals surface area contributed by atoms with Gasteiger partial charge in [-0.15, -0.1) is 0 Å². The molecule has 1 amide bonds. The molecule has 2 aliphatic rings. The van der Waals surface area contributed by atoms with Crippen molar-refractivity contribution in [1.82, 2.24) is 14.4 Å². The van der Waals surface area contributed by atoms with Gasteiger partial charge in [0.15, 0.2) is 5.76 Å². The monoisotopic (exact) mass is 479 g/mol. The van der Waals surface area contributed by atoms with Crippen molar-refractivity contribution < 1.29 is 26.9 Å². The molecule has 1 aromatic carbocycles. The highest BCUT2D eigenvalue weighted by Gasteiger charge is 2.37. The van der Waals surface area contributed by atoms with Crippen LogP contribution in [0.4, 0.5) is 4.39 Å². The molecule has 0 N–H and O–H groups in total. The molecule has 2 aliphatic heterocycles. The second-order valence-corrected chi connectivity index (χ2v) is 10.7. The van der Waals surface area contributed by atoms with Crippen molar-refractivity contribution >= 4 is 15.9 Å². The lowest BCUT2D eigenvalue weighted by Crippen LogP contribution is -2.46. The summed E-state index contributed by atoms with van der Waals surface area (Å²) in [6.45, 7) is 5.12. The summed E-state index contributed by atoms with van der Waals surface area (Å²) in [5.41, 5.74) is 1.06. The number of aryl methyl sites for hydroxylation is 2. The van der Waals surface area contributed by atoms with Crippen LogP contribution in [0.5, 0.6) is 0 Å². The number of halogens is 1. The van der Waals surface area contributed by atoms with E-state index in [1.165, 1.54) is 16.4 Å². The first kappa shape index (κ1) is 23.8. The third kappa shape index (κ3) is 5.28. The van der Waals surface area contributed by atoms with Gasteiger partial charge < -0.3 is 14.2 Å². The molecular formula is C23H30FN3O5S. The van der Waals surface area contributed by atoms with Crippen LogP contribution in [0, 0.1) is 25.6 Å². The Bertz CT molecular complexity index is 1070. The van der Waals surface area contributed by atoms with Crippen molar-refractivity contribution in [3.05, 3.63) is 47.1 Å². The van der Waals surface area contributed by atoms with Crippen molar-refractivity contribution in [2.45, 2.75) is 57.1 Å². The van der Waals surface area contributed by atoms with E-state index in [0.717, 1.165) is 18.4 Å². The summed E-state index contributed by atoms with van der Waals surface area (Å²) in [6.07, 6.45) is 2.67. The van der Waals surface area contributed by atoms with E-state index < -0.39 is 10.0 Å². The summed E-state index contributed by atoms with van der Waals surface area (Å²) in [6, 6.07) is 6.26. The number of rotatable bonds is 7. The van der Waals surface area contributed by atoms with Crippen LogP contribution in [0.25, 0.3) is 0 Å². The summed E-state index contributed by atoms with van der Waals surface area (Å²) in [4.78, 5) is 15.3. The van der Waals surface area contributed by atoms with E-state index in [1.54, 1.807) is 30.9 Å². The predicted molar refractivity (Wildman–Crippen MR) is 118 cm³/mol. The molecule has 0 spiro atoms. The quantitative estimate of drug-likeness (QED) is 0.606. The largest absolute Gasteiger partial charge is 0.376 e. The Morgan fingerprint density at radius 1 is 1.24 bits per heavy atom. The average Bonchev–Trinajstić information content (AvgIpc) is 3.42. The highest BCUT2D eigenvalue weighted by Crippen LogP contribution is 2.29. The van der Waals surface area contributed by atoms with E-state index in [2.05, 4.69) is 5.16 Å². The molecule has 10 heteroatoms. The van der Waals surface area contributed by atoms with Gasteiger partial charge >= 0.3 is 0 Å². The molecule has 1 atom stereocenters. The first-order valence-electron chi connectivity index (χ1n) is 11.3. The van der Waals surface area contributed by atoms with Crippen LogP contribution < -0.4 is 0 Å². The number of benzene rings is 1. The Labute approximate surface area is 193 Å². The molecule has 2 saturated heterocycles. The molecule has 1 unspecified atom stereocenters. The molecule has 2 aromatic rings. The Balaban J connectivity index is 1.45. The van der Waals surface area contributed by atoms with Gasteiger partial charge in [0.05, 0.1) is 6.10 Å². The van der Waals surface area contributed by atoms with Gasteiger partial charge in [-0.1, -0.05) is 17.3 Å². The molecule has 0 bridgehead atoms. The maximum atomic E-state index is 13.7. The molecule has 1 aromatic heterocycles. The minimum absolute atomic E-state index is 0.0254. The number of hydrogen-bond donors (Lipinski definition) is 0. The summed E-state index contributed by atoms with van der Waals surface area (Å²) in [5, 5.41) is 3.76. The molecule has 2 fully saturated rings. The Hall–Kier alpha value is -2.30. The average molecular weight is 480 g/mol. The zero-order valence-corrected chi connectivity index (χ0v) is 19.8. The van der Waals surface area contributed by atoms with Gasteiger partial charge in [0, 0.05) is 38.7 Å². The molecular weight excluding hydrogens is 449 g/mol. The maximum Gasteiger partial charge on any atom is 0.248 e. The van der Waals surface area contributed by atoms with E-state index in [9.17, 15) is 17.6 Å². The lowest BCUT2D eigenvalue weighted by Gasteiger charge is -2.34. The second kappa shape index (κ2) is 9.90. The number of amides is 1. The van der Waals surface area contributed by atoms with Crippen LogP contribution >= 0.6 is 0 Å². The van der Waals surface area contributed by atoms with Crippen molar-refractivity contribution in [1.29, 1.82) is 0 Å². The number of carbonyl (C=O) groups is 1. The van der Waals surface area contributed by atoms with Crippen molar-refractivity contribution in [2.24, 2.45) is 5.92 Å². The van der Waals surface area contributed by atoms with Crippen LogP contribution in [0.3, 0.4) is 0 Å². The van der Waals surface area contributed by atoms with Crippen molar-refractivity contribution in [2.75, 3.05) is 26.2 Å². The number of aromatic nitrogens is 1. The third-order valence-electron chi connectivity index (χ3n) is 6.39. The van der Waals surface area contributed by atoms with Gasteiger partial charge in [-0.2, -0.15) is 4.31 Å². The minimum Gasteiger partial charge on any atom is -0.376 e. The molecule has 180 valence electrons. The van der Waals surface area contributed by atoms with Crippen molar-refractivity contribution in [3.63, 3.8) is 0 Å². The zero-order chi connectivity index (χ0) is 23.6. The van der Waals surface area contributed by atoms with Crippen LogP contribution in [0.2, 0.25) is 0 Å². The fourth-order valence-electron chi connectivity index (χ4n) is 4.70. The van der Waals surface area contributed by atoms with E-state index in [4.69, 9.17) is 9.26 Å². The lowest BCUT2D eigenvalue weighted by molar-refractivity contribution is -0.139. The molecule has 0 saturated carbocycles. The van der Waals surface area contributed by atoms with Crippen molar-refractivity contribution in [3.8, 4) is 0 Å². The normalized spacial score (nSPS) is 20.3. The van der Waals surface area contributed by atoms with Crippen LogP contribution in [-0.4, -0.2) is 61.0 Å². The summed E-state index contributed by atoms with van der Waals surface area (Å²) >= 11 is 0. The fourth-order valence-corrected chi connectivity index (χ4v) is 6.46. The number of carbonyl (C=O) groups excluding carboxylic acids is 1. The van der Waals surface area contributed by atoms with Gasteiger partial charge in [0.1, 0.15) is 16.4 Å². The van der Waals surface area contributed by atoms with E-state index >= 15 is 0 Å². The van der Waals surface area contributed by atoms with Gasteiger partial charge in [-0.3, -0.25) is 4.79 Å². The van der Waals surface area contributed by atoms with Gasteiger partial charge in [-0.25, -0.2) is 12.8 Å². The molecule has 0 aliphatic carbocycles. The van der Waals surface area contributed by atoms with Crippen LogP contribution in [0.1, 0.15) is 42.7 Å². The number of hydrogen-bond acceptors (Lipinski definition) is 6. The Morgan fingerprint density at radius 3 is 2.61 bits per heavy atom. The van der Waals surface area contributed by atoms with Crippen LogP contribution in [-0.2, 0) is 26.1 Å². The topological polar surface area (TPSA) is 93.0 Å². The zero-order valence-electron chi connectivity index (χ0n) is 19.0. The first-order chi connectivity index (χ1) is 15.8. The molecule has 3 heterocycles. The summed E-state index contributed by atoms with van der Waals surface area (Å²) in [5.74, 6) is -0.404. The highest BCUT2D eigenvalue weighted by atomic mass is 32.2. The standard InChI is InChI=1S/C23H30FN3O5S/c1-16-22(17(2)32-25-16)33(29,30)27-10-8-19(9-11-27)23(28)26(15-21-7-4-12-31-21)14-18-5-3-6-20(24)13-18/h3,5-6,13,19,21H,4,7-12,14-15H2,1-2H3. The molecule has 8 nitrogen and oxygen atoms in total. The molecule has 0 radical (unpaired) electrons. The number of piperidine rings is 1. The predicted octanol–water partition coefficient (Wildman–Crippen LogP) is 3.04.